The molecule has 1 atom stereocenters. The highest BCUT2D eigenvalue weighted by molar-refractivity contribution is 5.95. The molecule has 1 aromatic rings. The lowest BCUT2D eigenvalue weighted by molar-refractivity contribution is -0.145. The van der Waals surface area contributed by atoms with Gasteiger partial charge in [0.25, 0.3) is 5.91 Å². The van der Waals surface area contributed by atoms with Crippen LogP contribution in [-0.4, -0.2) is 52.4 Å². The third kappa shape index (κ3) is 2.98. The minimum Gasteiger partial charge on any atom is -0.342 e. The van der Waals surface area contributed by atoms with Crippen LogP contribution in [0.1, 0.15) is 42.5 Å². The standard InChI is InChI=1S/C19H25N3O3/c1-20-12-15(5-6-16(20)23)17(24)22-10-8-19(13-22)7-2-9-21(18(19)25)11-14-3-4-14/h5-6,12,14H,2-4,7-11,13H2,1H3/t19-/m1/s1. The Hall–Kier alpha value is -2.11. The van der Waals surface area contributed by atoms with Crippen LogP contribution in [0.15, 0.2) is 23.1 Å². The van der Waals surface area contributed by atoms with Crippen LogP contribution in [0.2, 0.25) is 0 Å². The number of piperidine rings is 1. The number of carbonyl (C=O) groups is 2. The molecule has 0 aromatic carbocycles. The Labute approximate surface area is 147 Å². The van der Waals surface area contributed by atoms with Crippen molar-refractivity contribution < 1.29 is 9.59 Å². The molecule has 6 nitrogen and oxygen atoms in total. The summed E-state index contributed by atoms with van der Waals surface area (Å²) >= 11 is 0. The van der Waals surface area contributed by atoms with Crippen LogP contribution in [0.25, 0.3) is 0 Å². The summed E-state index contributed by atoms with van der Waals surface area (Å²) in [6.45, 7) is 2.89. The topological polar surface area (TPSA) is 62.6 Å². The maximum atomic E-state index is 13.1. The van der Waals surface area contributed by atoms with Crippen LogP contribution >= 0.6 is 0 Å². The van der Waals surface area contributed by atoms with Crippen LogP contribution in [0.4, 0.5) is 0 Å². The van der Waals surface area contributed by atoms with Crippen molar-refractivity contribution in [3.63, 3.8) is 0 Å². The van der Waals surface area contributed by atoms with Crippen molar-refractivity contribution in [2.45, 2.75) is 32.1 Å². The summed E-state index contributed by atoms with van der Waals surface area (Å²) in [5, 5.41) is 0. The molecule has 6 heteroatoms. The van der Waals surface area contributed by atoms with Gasteiger partial charge in [-0.3, -0.25) is 14.4 Å². The number of likely N-dealkylation sites (tertiary alicyclic amines) is 2. The molecule has 1 aliphatic carbocycles. The van der Waals surface area contributed by atoms with Gasteiger partial charge in [0.2, 0.25) is 11.5 Å². The van der Waals surface area contributed by atoms with Gasteiger partial charge >= 0.3 is 0 Å². The van der Waals surface area contributed by atoms with Crippen molar-refractivity contribution in [2.24, 2.45) is 18.4 Å². The van der Waals surface area contributed by atoms with Gasteiger partial charge in [-0.05, 0) is 44.1 Å². The lowest BCUT2D eigenvalue weighted by atomic mass is 9.78. The zero-order chi connectivity index (χ0) is 17.6. The maximum Gasteiger partial charge on any atom is 0.255 e. The molecule has 2 aliphatic heterocycles. The lowest BCUT2D eigenvalue weighted by Gasteiger charge is -2.39. The Morgan fingerprint density at radius 1 is 1.20 bits per heavy atom. The molecule has 25 heavy (non-hydrogen) atoms. The van der Waals surface area contributed by atoms with Crippen LogP contribution in [0.3, 0.4) is 0 Å². The van der Waals surface area contributed by atoms with Gasteiger partial charge in [-0.1, -0.05) is 0 Å². The van der Waals surface area contributed by atoms with Gasteiger partial charge in [0, 0.05) is 45.5 Å². The number of hydrogen-bond donors (Lipinski definition) is 0. The van der Waals surface area contributed by atoms with Gasteiger partial charge in [-0.25, -0.2) is 0 Å². The highest BCUT2D eigenvalue weighted by Gasteiger charge is 2.50. The molecule has 1 spiro atoms. The first-order valence-corrected chi connectivity index (χ1v) is 9.24. The first-order valence-electron chi connectivity index (χ1n) is 9.24. The monoisotopic (exact) mass is 343 g/mol. The molecule has 0 unspecified atom stereocenters. The van der Waals surface area contributed by atoms with E-state index in [-0.39, 0.29) is 22.8 Å². The van der Waals surface area contributed by atoms with Crippen LogP contribution in [0.5, 0.6) is 0 Å². The highest BCUT2D eigenvalue weighted by atomic mass is 16.2. The van der Waals surface area contributed by atoms with E-state index in [9.17, 15) is 14.4 Å². The van der Waals surface area contributed by atoms with E-state index in [0.717, 1.165) is 32.4 Å². The number of amides is 2. The number of aryl methyl sites for hydroxylation is 1. The molecule has 2 saturated heterocycles. The number of aromatic nitrogens is 1. The average molecular weight is 343 g/mol. The van der Waals surface area contributed by atoms with Crippen molar-refractivity contribution in [1.29, 1.82) is 0 Å². The second-order valence-corrected chi connectivity index (χ2v) is 7.92. The zero-order valence-corrected chi connectivity index (χ0v) is 14.7. The van der Waals surface area contributed by atoms with E-state index in [0.29, 0.717) is 24.6 Å². The van der Waals surface area contributed by atoms with E-state index < -0.39 is 0 Å². The van der Waals surface area contributed by atoms with Gasteiger partial charge in [0.05, 0.1) is 11.0 Å². The molecule has 0 bridgehead atoms. The predicted molar refractivity (Wildman–Crippen MR) is 93.2 cm³/mol. The fraction of sp³-hybridized carbons (Fsp3) is 0.632. The van der Waals surface area contributed by atoms with Gasteiger partial charge in [-0.15, -0.1) is 0 Å². The Kier molecular flexibility index (Phi) is 3.93. The highest BCUT2D eigenvalue weighted by Crippen LogP contribution is 2.42. The summed E-state index contributed by atoms with van der Waals surface area (Å²) in [5.74, 6) is 0.866. The summed E-state index contributed by atoms with van der Waals surface area (Å²) in [5.41, 5.74) is -0.00595. The van der Waals surface area contributed by atoms with Crippen LogP contribution < -0.4 is 5.56 Å². The van der Waals surface area contributed by atoms with Gasteiger partial charge < -0.3 is 14.4 Å². The van der Waals surface area contributed by atoms with E-state index in [4.69, 9.17) is 0 Å². The molecule has 3 fully saturated rings. The number of carbonyl (C=O) groups excluding carboxylic acids is 2. The molecule has 0 radical (unpaired) electrons. The van der Waals surface area contributed by atoms with E-state index in [1.807, 2.05) is 4.90 Å². The van der Waals surface area contributed by atoms with E-state index >= 15 is 0 Å². The van der Waals surface area contributed by atoms with Crippen molar-refractivity contribution in [2.75, 3.05) is 26.2 Å². The summed E-state index contributed by atoms with van der Waals surface area (Å²) in [6.07, 6.45) is 6.73. The van der Waals surface area contributed by atoms with Crippen LogP contribution in [-0.2, 0) is 11.8 Å². The summed E-state index contributed by atoms with van der Waals surface area (Å²) < 4.78 is 1.42. The Balaban J connectivity index is 1.49. The van der Waals surface area contributed by atoms with Crippen molar-refractivity contribution >= 4 is 11.8 Å². The largest absolute Gasteiger partial charge is 0.342 e. The zero-order valence-electron chi connectivity index (χ0n) is 14.7. The molecule has 134 valence electrons. The first-order chi connectivity index (χ1) is 12.0. The normalized spacial score (nSPS) is 26.5. The average Bonchev–Trinajstić information content (AvgIpc) is 3.32. The minimum atomic E-state index is -0.385. The third-order valence-electron chi connectivity index (χ3n) is 5.97. The SMILES string of the molecule is Cn1cc(C(=O)N2CC[C@]3(CCCN(CC4CC4)C3=O)C2)ccc1=O. The third-order valence-corrected chi connectivity index (χ3v) is 5.97. The van der Waals surface area contributed by atoms with Gasteiger partial charge in [-0.2, -0.15) is 0 Å². The van der Waals surface area contributed by atoms with Crippen molar-refractivity contribution in [1.82, 2.24) is 14.4 Å². The van der Waals surface area contributed by atoms with Gasteiger partial charge in [0.15, 0.2) is 0 Å². The Morgan fingerprint density at radius 2 is 2.00 bits per heavy atom. The second-order valence-electron chi connectivity index (χ2n) is 7.92. The number of pyridine rings is 1. The fourth-order valence-corrected chi connectivity index (χ4v) is 4.27. The second kappa shape index (κ2) is 6.00. The quantitative estimate of drug-likeness (QED) is 0.830. The van der Waals surface area contributed by atoms with E-state index in [2.05, 4.69) is 0 Å². The Morgan fingerprint density at radius 3 is 2.72 bits per heavy atom. The summed E-state index contributed by atoms with van der Waals surface area (Å²) in [6, 6.07) is 3.00. The van der Waals surface area contributed by atoms with Crippen molar-refractivity contribution in [3.05, 3.63) is 34.2 Å². The number of rotatable bonds is 3. The summed E-state index contributed by atoms with van der Waals surface area (Å²) in [4.78, 5) is 41.2. The molecule has 4 rings (SSSR count). The van der Waals surface area contributed by atoms with E-state index in [1.165, 1.54) is 23.5 Å². The lowest BCUT2D eigenvalue weighted by Crippen LogP contribution is -2.51. The molecule has 2 amide bonds. The van der Waals surface area contributed by atoms with Gasteiger partial charge in [0.1, 0.15) is 0 Å². The molecule has 3 heterocycles. The predicted octanol–water partition coefficient (Wildman–Crippen LogP) is 1.25. The smallest absolute Gasteiger partial charge is 0.255 e. The molecular weight excluding hydrogens is 318 g/mol. The molecule has 0 N–H and O–H groups in total. The molecule has 3 aliphatic rings. The summed E-state index contributed by atoms with van der Waals surface area (Å²) in [7, 11) is 1.64. The molecular formula is C19H25N3O3. The minimum absolute atomic E-state index is 0.0837. The van der Waals surface area contributed by atoms with Crippen LogP contribution in [0, 0.1) is 11.3 Å². The number of hydrogen-bond acceptors (Lipinski definition) is 3. The fourth-order valence-electron chi connectivity index (χ4n) is 4.27. The molecule has 1 aromatic heterocycles. The number of nitrogens with zero attached hydrogens (tertiary/aromatic N) is 3. The first kappa shape index (κ1) is 16.4. The molecule has 1 saturated carbocycles. The Bertz CT molecular complexity index is 767. The van der Waals surface area contributed by atoms with Crippen molar-refractivity contribution in [3.8, 4) is 0 Å². The maximum absolute atomic E-state index is 13.1. The van der Waals surface area contributed by atoms with E-state index in [1.54, 1.807) is 24.2 Å².